The number of thiazole rings is 1. The molecular weight excluding hydrogens is 218 g/mol. The number of rotatable bonds is 4. The zero-order valence-electron chi connectivity index (χ0n) is 9.56. The van der Waals surface area contributed by atoms with Gasteiger partial charge in [-0.2, -0.15) is 0 Å². The van der Waals surface area contributed by atoms with E-state index in [1.54, 1.807) is 18.4 Å². The third kappa shape index (κ3) is 2.90. The van der Waals surface area contributed by atoms with Crippen molar-refractivity contribution < 1.29 is 4.74 Å². The molecule has 1 aromatic heterocycles. The van der Waals surface area contributed by atoms with Gasteiger partial charge in [0.05, 0.1) is 17.3 Å². The predicted octanol–water partition coefficient (Wildman–Crippen LogP) is 3.19. The Bertz CT molecular complexity index is 464. The molecule has 0 radical (unpaired) electrons. The van der Waals surface area contributed by atoms with Crippen LogP contribution in [0.3, 0.4) is 0 Å². The Balaban J connectivity index is 2.08. The summed E-state index contributed by atoms with van der Waals surface area (Å²) in [6.45, 7) is 2.71. The van der Waals surface area contributed by atoms with Gasteiger partial charge in [-0.15, -0.1) is 11.3 Å². The molecule has 84 valence electrons. The summed E-state index contributed by atoms with van der Waals surface area (Å²) in [6, 6.07) is 8.55. The van der Waals surface area contributed by atoms with Crippen molar-refractivity contribution in [2.24, 2.45) is 0 Å². The van der Waals surface area contributed by atoms with Crippen LogP contribution in [0.4, 0.5) is 0 Å². The number of methoxy groups -OCH3 is 1. The molecule has 0 unspecified atom stereocenters. The Morgan fingerprint density at radius 1 is 1.38 bits per heavy atom. The maximum Gasteiger partial charge on any atom is 0.0973 e. The fraction of sp³-hybridized carbons (Fsp3) is 0.308. The second-order valence-electron chi connectivity index (χ2n) is 3.83. The minimum Gasteiger partial charge on any atom is -0.378 e. The minimum atomic E-state index is 0.602. The van der Waals surface area contributed by atoms with Gasteiger partial charge in [0.2, 0.25) is 0 Å². The number of aryl methyl sites for hydroxylation is 1. The van der Waals surface area contributed by atoms with E-state index in [0.29, 0.717) is 6.61 Å². The van der Waals surface area contributed by atoms with E-state index in [9.17, 15) is 0 Å². The second-order valence-corrected chi connectivity index (χ2v) is 4.77. The fourth-order valence-corrected chi connectivity index (χ4v) is 2.45. The average molecular weight is 233 g/mol. The average Bonchev–Trinajstić information content (AvgIpc) is 2.66. The summed E-state index contributed by atoms with van der Waals surface area (Å²) in [7, 11) is 1.69. The molecule has 0 fully saturated rings. The monoisotopic (exact) mass is 233 g/mol. The molecule has 0 saturated heterocycles. The summed E-state index contributed by atoms with van der Waals surface area (Å²) in [5.74, 6) is 0. The van der Waals surface area contributed by atoms with Crippen molar-refractivity contribution in [3.8, 4) is 0 Å². The van der Waals surface area contributed by atoms with Gasteiger partial charge < -0.3 is 4.74 Å². The van der Waals surface area contributed by atoms with Crippen LogP contribution in [0.25, 0.3) is 0 Å². The quantitative estimate of drug-likeness (QED) is 0.809. The predicted molar refractivity (Wildman–Crippen MR) is 66.8 cm³/mol. The topological polar surface area (TPSA) is 22.1 Å². The molecular formula is C13H15NOS. The van der Waals surface area contributed by atoms with Crippen LogP contribution >= 0.6 is 11.3 Å². The van der Waals surface area contributed by atoms with E-state index in [0.717, 1.165) is 17.1 Å². The van der Waals surface area contributed by atoms with Gasteiger partial charge in [0.1, 0.15) is 0 Å². The smallest absolute Gasteiger partial charge is 0.0973 e. The van der Waals surface area contributed by atoms with Crippen molar-refractivity contribution in [2.45, 2.75) is 20.0 Å². The van der Waals surface area contributed by atoms with Crippen molar-refractivity contribution in [2.75, 3.05) is 7.11 Å². The van der Waals surface area contributed by atoms with Gasteiger partial charge >= 0.3 is 0 Å². The number of nitrogens with zero attached hydrogens (tertiary/aromatic N) is 1. The molecule has 0 aliphatic heterocycles. The SMILES string of the molecule is COCc1csc(Cc2cccc(C)c2)n1. The van der Waals surface area contributed by atoms with Gasteiger partial charge in [-0.3, -0.25) is 0 Å². The summed E-state index contributed by atoms with van der Waals surface area (Å²) >= 11 is 1.70. The van der Waals surface area contributed by atoms with Crippen molar-refractivity contribution in [1.82, 2.24) is 4.98 Å². The van der Waals surface area contributed by atoms with E-state index >= 15 is 0 Å². The van der Waals surface area contributed by atoms with Gasteiger partial charge in [-0.25, -0.2) is 4.98 Å². The van der Waals surface area contributed by atoms with Gasteiger partial charge in [-0.1, -0.05) is 29.8 Å². The second kappa shape index (κ2) is 5.23. The van der Waals surface area contributed by atoms with Gasteiger partial charge in [0, 0.05) is 18.9 Å². The highest BCUT2D eigenvalue weighted by atomic mass is 32.1. The van der Waals surface area contributed by atoms with E-state index in [4.69, 9.17) is 4.74 Å². The lowest BCUT2D eigenvalue weighted by molar-refractivity contribution is 0.182. The van der Waals surface area contributed by atoms with Crippen molar-refractivity contribution in [3.05, 3.63) is 51.5 Å². The van der Waals surface area contributed by atoms with Crippen LogP contribution in [0.5, 0.6) is 0 Å². The van der Waals surface area contributed by atoms with Crippen LogP contribution < -0.4 is 0 Å². The van der Waals surface area contributed by atoms with Crippen LogP contribution in [-0.2, 0) is 17.8 Å². The molecule has 0 spiro atoms. The molecule has 3 heteroatoms. The molecule has 2 rings (SSSR count). The van der Waals surface area contributed by atoms with Crippen LogP contribution in [0, 0.1) is 6.92 Å². The summed E-state index contributed by atoms with van der Waals surface area (Å²) in [6.07, 6.45) is 0.913. The number of ether oxygens (including phenoxy) is 1. The molecule has 0 bridgehead atoms. The first kappa shape index (κ1) is 11.3. The highest BCUT2D eigenvalue weighted by Gasteiger charge is 2.03. The molecule has 1 aromatic carbocycles. The first-order valence-corrected chi connectivity index (χ1v) is 6.13. The third-order valence-corrected chi connectivity index (χ3v) is 3.23. The first-order valence-electron chi connectivity index (χ1n) is 5.25. The lowest BCUT2D eigenvalue weighted by Gasteiger charge is -1.99. The number of aromatic nitrogens is 1. The minimum absolute atomic E-state index is 0.602. The van der Waals surface area contributed by atoms with Gasteiger partial charge in [0.15, 0.2) is 0 Å². The number of hydrogen-bond donors (Lipinski definition) is 0. The highest BCUT2D eigenvalue weighted by Crippen LogP contribution is 2.16. The first-order chi connectivity index (χ1) is 7.78. The molecule has 2 aromatic rings. The zero-order valence-corrected chi connectivity index (χ0v) is 10.4. The fourth-order valence-electron chi connectivity index (χ4n) is 1.64. The lowest BCUT2D eigenvalue weighted by Crippen LogP contribution is -1.91. The number of benzene rings is 1. The van der Waals surface area contributed by atoms with E-state index in [2.05, 4.69) is 41.6 Å². The maximum absolute atomic E-state index is 5.05. The van der Waals surface area contributed by atoms with E-state index in [1.807, 2.05) is 0 Å². The molecule has 0 N–H and O–H groups in total. The Morgan fingerprint density at radius 2 is 2.25 bits per heavy atom. The van der Waals surface area contributed by atoms with Crippen LogP contribution in [0.1, 0.15) is 21.8 Å². The third-order valence-electron chi connectivity index (χ3n) is 2.33. The summed E-state index contributed by atoms with van der Waals surface area (Å²) < 4.78 is 5.05. The summed E-state index contributed by atoms with van der Waals surface area (Å²) in [5.41, 5.74) is 3.64. The molecule has 16 heavy (non-hydrogen) atoms. The van der Waals surface area contributed by atoms with E-state index in [-0.39, 0.29) is 0 Å². The van der Waals surface area contributed by atoms with Crippen molar-refractivity contribution >= 4 is 11.3 Å². The van der Waals surface area contributed by atoms with E-state index in [1.165, 1.54) is 11.1 Å². The molecule has 2 nitrogen and oxygen atoms in total. The Morgan fingerprint density at radius 3 is 3.00 bits per heavy atom. The van der Waals surface area contributed by atoms with Crippen molar-refractivity contribution in [3.63, 3.8) is 0 Å². The molecule has 0 aliphatic carbocycles. The van der Waals surface area contributed by atoms with Crippen LogP contribution in [0.2, 0.25) is 0 Å². The largest absolute Gasteiger partial charge is 0.378 e. The molecule has 0 aliphatic rings. The highest BCUT2D eigenvalue weighted by molar-refractivity contribution is 7.09. The Kier molecular flexibility index (Phi) is 3.70. The molecule has 0 amide bonds. The summed E-state index contributed by atoms with van der Waals surface area (Å²) in [4.78, 5) is 4.52. The zero-order chi connectivity index (χ0) is 11.4. The van der Waals surface area contributed by atoms with E-state index < -0.39 is 0 Å². The lowest BCUT2D eigenvalue weighted by atomic mass is 10.1. The maximum atomic E-state index is 5.05. The number of hydrogen-bond acceptors (Lipinski definition) is 3. The Labute approximate surface area is 99.9 Å². The molecule has 0 atom stereocenters. The van der Waals surface area contributed by atoms with Crippen LogP contribution in [0.15, 0.2) is 29.6 Å². The van der Waals surface area contributed by atoms with Gasteiger partial charge in [0.25, 0.3) is 0 Å². The summed E-state index contributed by atoms with van der Waals surface area (Å²) in [5, 5.41) is 3.21. The normalized spacial score (nSPS) is 10.6. The Hall–Kier alpha value is -1.19. The van der Waals surface area contributed by atoms with Gasteiger partial charge in [-0.05, 0) is 12.5 Å². The molecule has 1 heterocycles. The van der Waals surface area contributed by atoms with Crippen molar-refractivity contribution in [1.29, 1.82) is 0 Å². The van der Waals surface area contributed by atoms with Crippen LogP contribution in [-0.4, -0.2) is 12.1 Å². The molecule has 0 saturated carbocycles. The standard InChI is InChI=1S/C13H15NOS/c1-10-4-3-5-11(6-10)7-13-14-12(8-15-2)9-16-13/h3-6,9H,7-8H2,1-2H3.